The van der Waals surface area contributed by atoms with Crippen molar-refractivity contribution in [1.29, 1.82) is 0 Å². The Hall–Kier alpha value is -0.180. The van der Waals surface area contributed by atoms with Gasteiger partial charge >= 0.3 is 0 Å². The predicted molar refractivity (Wildman–Crippen MR) is 40.6 cm³/mol. The second-order valence-electron chi connectivity index (χ2n) is 3.87. The summed E-state index contributed by atoms with van der Waals surface area (Å²) in [5.41, 5.74) is 5.46. The number of rotatable bonds is 1. The maximum Gasteiger partial charge on any atom is 0.248 e. The molecule has 0 saturated heterocycles. The molecule has 0 aromatic heterocycles. The average Bonchev–Trinajstić information content (AvgIpc) is 1.97. The molecule has 1 saturated carbocycles. The fourth-order valence-electron chi connectivity index (χ4n) is 1.42. The molecule has 0 heterocycles. The molecule has 0 amide bonds. The zero-order valence-corrected chi connectivity index (χ0v) is 6.87. The molecule has 1 fully saturated rings. The van der Waals surface area contributed by atoms with E-state index in [1.165, 1.54) is 0 Å². The van der Waals surface area contributed by atoms with Gasteiger partial charge in [0.15, 0.2) is 0 Å². The summed E-state index contributed by atoms with van der Waals surface area (Å²) in [6, 6.07) is 0. The normalized spacial score (nSPS) is 28.4. The first-order chi connectivity index (χ1) is 4.97. The van der Waals surface area contributed by atoms with Crippen molar-refractivity contribution in [2.75, 3.05) is 6.54 Å². The molecule has 1 aliphatic rings. The highest BCUT2D eigenvalue weighted by molar-refractivity contribution is 4.86. The van der Waals surface area contributed by atoms with Gasteiger partial charge in [-0.2, -0.15) is 0 Å². The van der Waals surface area contributed by atoms with E-state index < -0.39 is 5.92 Å². The van der Waals surface area contributed by atoms with Crippen molar-refractivity contribution in [3.05, 3.63) is 0 Å². The van der Waals surface area contributed by atoms with Crippen LogP contribution in [0.5, 0.6) is 0 Å². The Morgan fingerprint density at radius 3 is 2.00 bits per heavy atom. The highest BCUT2D eigenvalue weighted by Gasteiger charge is 2.39. The van der Waals surface area contributed by atoms with Gasteiger partial charge in [0.1, 0.15) is 0 Å². The third-order valence-electron chi connectivity index (χ3n) is 2.68. The molecule has 0 unspecified atom stereocenters. The summed E-state index contributed by atoms with van der Waals surface area (Å²) in [6.45, 7) is 2.52. The summed E-state index contributed by atoms with van der Waals surface area (Å²) in [4.78, 5) is 0. The number of hydrogen-bond acceptors (Lipinski definition) is 1. The van der Waals surface area contributed by atoms with E-state index in [-0.39, 0.29) is 18.3 Å². The molecule has 1 nitrogen and oxygen atoms in total. The van der Waals surface area contributed by atoms with Crippen LogP contribution < -0.4 is 5.73 Å². The number of halogens is 2. The molecular formula is C8H15F2N. The van der Waals surface area contributed by atoms with Crippen LogP contribution in [0.3, 0.4) is 0 Å². The highest BCUT2D eigenvalue weighted by Crippen LogP contribution is 2.42. The molecular weight excluding hydrogens is 148 g/mol. The molecule has 0 bridgehead atoms. The lowest BCUT2D eigenvalue weighted by atomic mass is 9.74. The molecule has 1 rings (SSSR count). The Kier molecular flexibility index (Phi) is 2.19. The molecule has 0 aromatic rings. The first kappa shape index (κ1) is 8.91. The van der Waals surface area contributed by atoms with E-state index in [1.807, 2.05) is 6.92 Å². The Balaban J connectivity index is 2.48. The van der Waals surface area contributed by atoms with Gasteiger partial charge in [-0.15, -0.1) is 0 Å². The molecule has 0 spiro atoms. The van der Waals surface area contributed by atoms with Crippen molar-refractivity contribution >= 4 is 0 Å². The molecule has 0 aliphatic heterocycles. The summed E-state index contributed by atoms with van der Waals surface area (Å²) in [5.74, 6) is -2.42. The van der Waals surface area contributed by atoms with Gasteiger partial charge in [-0.1, -0.05) is 6.92 Å². The van der Waals surface area contributed by atoms with E-state index in [1.54, 1.807) is 0 Å². The van der Waals surface area contributed by atoms with Crippen LogP contribution in [-0.4, -0.2) is 12.5 Å². The van der Waals surface area contributed by atoms with Gasteiger partial charge in [0, 0.05) is 12.8 Å². The topological polar surface area (TPSA) is 26.0 Å². The first-order valence-electron chi connectivity index (χ1n) is 4.05. The minimum Gasteiger partial charge on any atom is -0.330 e. The standard InChI is InChI=1S/C8H15F2N/c1-7(6-11)2-4-8(9,10)5-3-7/h2-6,11H2,1H3. The molecule has 66 valence electrons. The van der Waals surface area contributed by atoms with E-state index >= 15 is 0 Å². The average molecular weight is 163 g/mol. The summed E-state index contributed by atoms with van der Waals surface area (Å²) >= 11 is 0. The lowest BCUT2D eigenvalue weighted by Gasteiger charge is -2.36. The zero-order chi connectivity index (χ0) is 8.54. The Bertz CT molecular complexity index is 135. The van der Waals surface area contributed by atoms with Crippen LogP contribution in [0.4, 0.5) is 8.78 Å². The van der Waals surface area contributed by atoms with Gasteiger partial charge in [0.2, 0.25) is 5.92 Å². The van der Waals surface area contributed by atoms with Crippen LogP contribution in [0.15, 0.2) is 0 Å². The van der Waals surface area contributed by atoms with E-state index in [0.29, 0.717) is 19.4 Å². The van der Waals surface area contributed by atoms with Gasteiger partial charge in [0.05, 0.1) is 0 Å². The van der Waals surface area contributed by atoms with Crippen molar-refractivity contribution in [2.24, 2.45) is 11.1 Å². The van der Waals surface area contributed by atoms with Crippen molar-refractivity contribution in [3.63, 3.8) is 0 Å². The SMILES string of the molecule is CC1(CN)CCC(F)(F)CC1. The monoisotopic (exact) mass is 163 g/mol. The van der Waals surface area contributed by atoms with Gasteiger partial charge in [-0.3, -0.25) is 0 Å². The molecule has 0 atom stereocenters. The largest absolute Gasteiger partial charge is 0.330 e. The van der Waals surface area contributed by atoms with E-state index in [2.05, 4.69) is 0 Å². The van der Waals surface area contributed by atoms with Crippen LogP contribution in [0.1, 0.15) is 32.6 Å². The Morgan fingerprint density at radius 1 is 1.18 bits per heavy atom. The molecule has 0 radical (unpaired) electrons. The summed E-state index contributed by atoms with van der Waals surface area (Å²) < 4.78 is 25.3. The van der Waals surface area contributed by atoms with Crippen LogP contribution in [-0.2, 0) is 0 Å². The smallest absolute Gasteiger partial charge is 0.248 e. The number of hydrogen-bond donors (Lipinski definition) is 1. The fraction of sp³-hybridized carbons (Fsp3) is 1.00. The van der Waals surface area contributed by atoms with Crippen LogP contribution in [0.2, 0.25) is 0 Å². The Morgan fingerprint density at radius 2 is 1.64 bits per heavy atom. The van der Waals surface area contributed by atoms with Crippen molar-refractivity contribution in [3.8, 4) is 0 Å². The minimum absolute atomic E-state index is 0.0146. The molecule has 2 N–H and O–H groups in total. The van der Waals surface area contributed by atoms with Crippen molar-refractivity contribution in [1.82, 2.24) is 0 Å². The van der Waals surface area contributed by atoms with Crippen LogP contribution >= 0.6 is 0 Å². The van der Waals surface area contributed by atoms with E-state index in [9.17, 15) is 8.78 Å². The minimum atomic E-state index is -2.42. The van der Waals surface area contributed by atoms with E-state index in [0.717, 1.165) is 0 Å². The number of nitrogens with two attached hydrogens (primary N) is 1. The summed E-state index contributed by atoms with van der Waals surface area (Å²) in [6.07, 6.45) is 1.16. The molecule has 11 heavy (non-hydrogen) atoms. The molecule has 1 aliphatic carbocycles. The van der Waals surface area contributed by atoms with Gasteiger partial charge in [-0.05, 0) is 24.8 Å². The highest BCUT2D eigenvalue weighted by atomic mass is 19.3. The van der Waals surface area contributed by atoms with E-state index in [4.69, 9.17) is 5.73 Å². The first-order valence-corrected chi connectivity index (χ1v) is 4.05. The van der Waals surface area contributed by atoms with Gasteiger partial charge in [-0.25, -0.2) is 8.78 Å². The molecule has 3 heteroatoms. The summed E-state index contributed by atoms with van der Waals surface area (Å²) in [5, 5.41) is 0. The predicted octanol–water partition coefficient (Wildman–Crippen LogP) is 2.16. The third kappa shape index (κ3) is 2.12. The molecule has 0 aromatic carbocycles. The lowest BCUT2D eigenvalue weighted by molar-refractivity contribution is -0.0615. The fourth-order valence-corrected chi connectivity index (χ4v) is 1.42. The quantitative estimate of drug-likeness (QED) is 0.629. The third-order valence-corrected chi connectivity index (χ3v) is 2.68. The zero-order valence-electron chi connectivity index (χ0n) is 6.87. The lowest BCUT2D eigenvalue weighted by Crippen LogP contribution is -2.36. The second-order valence-corrected chi connectivity index (χ2v) is 3.87. The van der Waals surface area contributed by atoms with Crippen molar-refractivity contribution < 1.29 is 8.78 Å². The second kappa shape index (κ2) is 2.70. The van der Waals surface area contributed by atoms with Crippen molar-refractivity contribution in [2.45, 2.75) is 38.5 Å². The Labute approximate surface area is 66.0 Å². The summed E-state index contributed by atoms with van der Waals surface area (Å²) in [7, 11) is 0. The van der Waals surface area contributed by atoms with Gasteiger partial charge in [0.25, 0.3) is 0 Å². The number of alkyl halides is 2. The maximum atomic E-state index is 12.6. The van der Waals surface area contributed by atoms with Crippen LogP contribution in [0, 0.1) is 5.41 Å². The maximum absolute atomic E-state index is 12.6. The van der Waals surface area contributed by atoms with Crippen LogP contribution in [0.25, 0.3) is 0 Å². The van der Waals surface area contributed by atoms with Gasteiger partial charge < -0.3 is 5.73 Å².